The summed E-state index contributed by atoms with van der Waals surface area (Å²) >= 11 is 0. The van der Waals surface area contributed by atoms with Gasteiger partial charge in [-0.3, -0.25) is 4.79 Å². The van der Waals surface area contributed by atoms with Crippen molar-refractivity contribution in [2.45, 2.75) is 18.3 Å². The molecule has 1 aromatic heterocycles. The molecule has 0 radical (unpaired) electrons. The number of nitrogens with zero attached hydrogens (tertiary/aromatic N) is 2. The summed E-state index contributed by atoms with van der Waals surface area (Å²) in [4.78, 5) is 12.3. The Bertz CT molecular complexity index is 997. The molecule has 1 aliphatic carbocycles. The van der Waals surface area contributed by atoms with Crippen molar-refractivity contribution < 1.29 is 13.7 Å². The van der Waals surface area contributed by atoms with Crippen LogP contribution in [0.4, 0.5) is 10.1 Å². The summed E-state index contributed by atoms with van der Waals surface area (Å²) in [6.07, 6.45) is 1.75. The predicted molar refractivity (Wildman–Crippen MR) is 92.8 cm³/mol. The number of aromatic nitrogens is 1. The Morgan fingerprint density at radius 3 is 2.46 bits per heavy atom. The maximum Gasteiger partial charge on any atom is 0.277 e. The minimum atomic E-state index is -0.406. The fourth-order valence-electron chi connectivity index (χ4n) is 2.79. The van der Waals surface area contributed by atoms with Gasteiger partial charge in [0.05, 0.1) is 11.5 Å². The summed E-state index contributed by atoms with van der Waals surface area (Å²) < 4.78 is 18.1. The van der Waals surface area contributed by atoms with Gasteiger partial charge in [0.25, 0.3) is 5.91 Å². The van der Waals surface area contributed by atoms with Gasteiger partial charge in [0.1, 0.15) is 5.82 Å². The molecule has 2 aromatic carbocycles. The van der Waals surface area contributed by atoms with E-state index in [1.165, 1.54) is 18.2 Å². The highest BCUT2D eigenvalue weighted by molar-refractivity contribution is 6.03. The Labute approximate surface area is 149 Å². The van der Waals surface area contributed by atoms with Gasteiger partial charge < -0.3 is 9.84 Å². The van der Waals surface area contributed by atoms with E-state index in [0.717, 1.165) is 18.4 Å². The lowest BCUT2D eigenvalue weighted by Crippen LogP contribution is -2.12. The van der Waals surface area contributed by atoms with Gasteiger partial charge in [-0.05, 0) is 54.8 Å². The first-order valence-corrected chi connectivity index (χ1v) is 8.15. The van der Waals surface area contributed by atoms with Crippen LogP contribution in [0, 0.1) is 17.1 Å². The maximum absolute atomic E-state index is 13.0. The number of rotatable bonds is 4. The van der Waals surface area contributed by atoms with E-state index in [9.17, 15) is 14.4 Å². The van der Waals surface area contributed by atoms with Crippen molar-refractivity contribution >= 4 is 11.6 Å². The molecular formula is C20H14FN3O2. The first-order valence-electron chi connectivity index (χ1n) is 8.15. The fraction of sp³-hybridized carbons (Fsp3) is 0.150. The number of amides is 1. The van der Waals surface area contributed by atoms with E-state index < -0.39 is 5.91 Å². The lowest BCUT2D eigenvalue weighted by Gasteiger charge is -2.08. The topological polar surface area (TPSA) is 78.9 Å². The van der Waals surface area contributed by atoms with Crippen LogP contribution in [0.2, 0.25) is 0 Å². The number of benzene rings is 2. The molecule has 1 fully saturated rings. The molecular weight excluding hydrogens is 333 g/mol. The summed E-state index contributed by atoms with van der Waals surface area (Å²) in [5.74, 6) is -0.370. The molecule has 0 bridgehead atoms. The second-order valence-corrected chi connectivity index (χ2v) is 6.31. The Kier molecular flexibility index (Phi) is 3.77. The van der Waals surface area contributed by atoms with Gasteiger partial charge in [-0.15, -0.1) is 0 Å². The van der Waals surface area contributed by atoms with Crippen LogP contribution < -0.4 is 5.32 Å². The Balaban J connectivity index is 1.47. The largest absolute Gasteiger partial charge is 0.355 e. The van der Waals surface area contributed by atoms with Crippen LogP contribution in [-0.4, -0.2) is 11.1 Å². The SMILES string of the molecule is N#CC1(c2ccc(NC(=O)c3cc(-c4ccc(F)cc4)on3)cc2)CC1. The number of nitriles is 1. The second kappa shape index (κ2) is 6.12. The number of anilines is 1. The van der Waals surface area contributed by atoms with E-state index >= 15 is 0 Å². The van der Waals surface area contributed by atoms with Crippen molar-refractivity contribution in [1.29, 1.82) is 5.26 Å². The molecule has 5 nitrogen and oxygen atoms in total. The van der Waals surface area contributed by atoms with E-state index in [0.29, 0.717) is 17.0 Å². The van der Waals surface area contributed by atoms with E-state index in [4.69, 9.17) is 4.52 Å². The van der Waals surface area contributed by atoms with Crippen molar-refractivity contribution in [3.63, 3.8) is 0 Å². The van der Waals surface area contributed by atoms with Gasteiger partial charge in [0.15, 0.2) is 11.5 Å². The van der Waals surface area contributed by atoms with Crippen molar-refractivity contribution in [2.75, 3.05) is 5.32 Å². The van der Waals surface area contributed by atoms with Crippen molar-refractivity contribution in [2.24, 2.45) is 0 Å². The molecule has 6 heteroatoms. The molecule has 128 valence electrons. The van der Waals surface area contributed by atoms with Crippen LogP contribution in [-0.2, 0) is 5.41 Å². The molecule has 3 aromatic rings. The van der Waals surface area contributed by atoms with Crippen molar-refractivity contribution in [1.82, 2.24) is 5.16 Å². The smallest absolute Gasteiger partial charge is 0.277 e. The molecule has 0 unspecified atom stereocenters. The molecule has 0 aliphatic heterocycles. The predicted octanol–water partition coefficient (Wildman–Crippen LogP) is 4.29. The minimum Gasteiger partial charge on any atom is -0.355 e. The summed E-state index contributed by atoms with van der Waals surface area (Å²) in [7, 11) is 0. The third kappa shape index (κ3) is 2.95. The monoisotopic (exact) mass is 347 g/mol. The molecule has 0 atom stereocenters. The van der Waals surface area contributed by atoms with Crippen LogP contribution in [0.25, 0.3) is 11.3 Å². The van der Waals surface area contributed by atoms with Crippen LogP contribution in [0.15, 0.2) is 59.1 Å². The molecule has 0 saturated heterocycles. The lowest BCUT2D eigenvalue weighted by atomic mass is 9.98. The van der Waals surface area contributed by atoms with Gasteiger partial charge in [-0.1, -0.05) is 17.3 Å². The van der Waals surface area contributed by atoms with Gasteiger partial charge in [-0.2, -0.15) is 5.26 Å². The fourth-order valence-corrected chi connectivity index (χ4v) is 2.79. The second-order valence-electron chi connectivity index (χ2n) is 6.31. The molecule has 0 spiro atoms. The summed E-state index contributed by atoms with van der Waals surface area (Å²) in [6.45, 7) is 0. The lowest BCUT2D eigenvalue weighted by molar-refractivity contribution is 0.101. The van der Waals surface area contributed by atoms with Gasteiger partial charge in [0, 0.05) is 17.3 Å². The third-order valence-electron chi connectivity index (χ3n) is 4.53. The van der Waals surface area contributed by atoms with E-state index in [-0.39, 0.29) is 16.9 Å². The van der Waals surface area contributed by atoms with E-state index in [1.54, 1.807) is 24.3 Å². The number of halogens is 1. The van der Waals surface area contributed by atoms with Crippen LogP contribution in [0.3, 0.4) is 0 Å². The molecule has 1 heterocycles. The molecule has 1 N–H and O–H groups in total. The van der Waals surface area contributed by atoms with Crippen LogP contribution in [0.1, 0.15) is 28.9 Å². The molecule has 4 rings (SSSR count). The number of carbonyl (C=O) groups excluding carboxylic acids is 1. The zero-order chi connectivity index (χ0) is 18.1. The normalized spacial score (nSPS) is 14.5. The quantitative estimate of drug-likeness (QED) is 0.764. The molecule has 1 aliphatic rings. The van der Waals surface area contributed by atoms with Gasteiger partial charge in [-0.25, -0.2) is 4.39 Å². The van der Waals surface area contributed by atoms with Crippen molar-refractivity contribution in [3.05, 3.63) is 71.7 Å². The number of nitrogens with one attached hydrogen (secondary N) is 1. The highest BCUT2D eigenvalue weighted by Crippen LogP contribution is 2.47. The minimum absolute atomic E-state index is 0.129. The Morgan fingerprint density at radius 2 is 1.85 bits per heavy atom. The number of carbonyl (C=O) groups is 1. The zero-order valence-corrected chi connectivity index (χ0v) is 13.7. The van der Waals surface area contributed by atoms with Gasteiger partial charge >= 0.3 is 0 Å². The highest BCUT2D eigenvalue weighted by Gasteiger charge is 2.44. The molecule has 1 saturated carbocycles. The first kappa shape index (κ1) is 16.0. The molecule has 26 heavy (non-hydrogen) atoms. The van der Waals surface area contributed by atoms with Crippen LogP contribution in [0.5, 0.6) is 0 Å². The van der Waals surface area contributed by atoms with E-state index in [2.05, 4.69) is 16.5 Å². The van der Waals surface area contributed by atoms with Crippen LogP contribution >= 0.6 is 0 Å². The standard InChI is InChI=1S/C20H14FN3O2/c21-15-5-1-13(2-6-15)18-11-17(24-26-18)19(25)23-16-7-3-14(4-8-16)20(12-22)9-10-20/h1-8,11H,9-10H2,(H,23,25). The van der Waals surface area contributed by atoms with Gasteiger partial charge in [0.2, 0.25) is 0 Å². The summed E-state index contributed by atoms with van der Waals surface area (Å²) in [5.41, 5.74) is 1.99. The summed E-state index contributed by atoms with van der Waals surface area (Å²) in [5, 5.41) is 15.7. The Morgan fingerprint density at radius 1 is 1.15 bits per heavy atom. The zero-order valence-electron chi connectivity index (χ0n) is 13.7. The van der Waals surface area contributed by atoms with Crippen molar-refractivity contribution in [3.8, 4) is 17.4 Å². The average Bonchev–Trinajstić information content (AvgIpc) is 3.31. The number of hydrogen-bond acceptors (Lipinski definition) is 4. The maximum atomic E-state index is 13.0. The van der Waals surface area contributed by atoms with E-state index in [1.807, 2.05) is 12.1 Å². The number of hydrogen-bond donors (Lipinski definition) is 1. The average molecular weight is 347 g/mol. The third-order valence-corrected chi connectivity index (χ3v) is 4.53. The summed E-state index contributed by atoms with van der Waals surface area (Å²) in [6, 6.07) is 16.8. The highest BCUT2D eigenvalue weighted by atomic mass is 19.1. The molecule has 1 amide bonds. The first-order chi connectivity index (χ1) is 12.6. The Hall–Kier alpha value is -3.46.